The van der Waals surface area contributed by atoms with Crippen LogP contribution in [0, 0.1) is 0 Å². The van der Waals surface area contributed by atoms with Crippen molar-refractivity contribution in [2.75, 3.05) is 0 Å². The maximum atomic E-state index is 5.66. The van der Waals surface area contributed by atoms with Crippen LogP contribution in [0.15, 0.2) is 12.5 Å². The summed E-state index contributed by atoms with van der Waals surface area (Å²) in [5.41, 5.74) is 6.91. The molecule has 1 atom stereocenters. The molecule has 0 bridgehead atoms. The molecule has 0 aliphatic rings. The van der Waals surface area contributed by atoms with Gasteiger partial charge in [0.2, 0.25) is 0 Å². The zero-order valence-electron chi connectivity index (χ0n) is 7.12. The van der Waals surface area contributed by atoms with Crippen LogP contribution in [0.1, 0.15) is 19.5 Å². The lowest BCUT2D eigenvalue weighted by Crippen LogP contribution is -2.22. The molecule has 0 aromatic carbocycles. The van der Waals surface area contributed by atoms with Gasteiger partial charge >= 0.3 is 0 Å². The van der Waals surface area contributed by atoms with Crippen molar-refractivity contribution in [3.8, 4) is 0 Å². The minimum Gasteiger partial charge on any atom is -0.333 e. The number of aromatic nitrogens is 2. The summed E-state index contributed by atoms with van der Waals surface area (Å²) in [7, 11) is 0. The van der Waals surface area contributed by atoms with Gasteiger partial charge in [0.05, 0.1) is 6.33 Å². The van der Waals surface area contributed by atoms with Crippen LogP contribution in [0.25, 0.3) is 0 Å². The summed E-state index contributed by atoms with van der Waals surface area (Å²) >= 11 is 0. The van der Waals surface area contributed by atoms with Crippen LogP contribution in [0.4, 0.5) is 0 Å². The Balaban J connectivity index is 2.68. The molecule has 0 spiro atoms. The van der Waals surface area contributed by atoms with Crippen LogP contribution < -0.4 is 5.73 Å². The van der Waals surface area contributed by atoms with E-state index in [1.54, 1.807) is 0 Å². The molecular weight excluding hydrogens is 138 g/mol. The van der Waals surface area contributed by atoms with Crippen molar-refractivity contribution in [2.24, 2.45) is 5.73 Å². The van der Waals surface area contributed by atoms with Gasteiger partial charge in [-0.15, -0.1) is 0 Å². The van der Waals surface area contributed by atoms with E-state index in [1.165, 1.54) is 5.69 Å². The lowest BCUT2D eigenvalue weighted by atomic mass is 10.3. The van der Waals surface area contributed by atoms with E-state index >= 15 is 0 Å². The summed E-state index contributed by atoms with van der Waals surface area (Å²) in [6, 6.07) is 0.203. The molecule has 3 heteroatoms. The van der Waals surface area contributed by atoms with E-state index in [2.05, 4.69) is 16.5 Å². The summed E-state index contributed by atoms with van der Waals surface area (Å²) < 4.78 is 2.10. The molecule has 0 amide bonds. The monoisotopic (exact) mass is 153 g/mol. The molecule has 0 aliphatic carbocycles. The molecule has 0 saturated carbocycles. The third kappa shape index (κ3) is 2.05. The first-order chi connectivity index (χ1) is 5.24. The highest BCUT2D eigenvalue weighted by Crippen LogP contribution is 2.00. The Morgan fingerprint density at radius 3 is 3.00 bits per heavy atom. The molecule has 0 aliphatic heterocycles. The Labute approximate surface area is 67.2 Å². The fourth-order valence-corrected chi connectivity index (χ4v) is 1.12. The quantitative estimate of drug-likeness (QED) is 0.697. The Bertz CT molecular complexity index is 215. The first-order valence-corrected chi connectivity index (χ1v) is 3.98. The van der Waals surface area contributed by atoms with Gasteiger partial charge in [-0.3, -0.25) is 0 Å². The summed E-state index contributed by atoms with van der Waals surface area (Å²) in [4.78, 5) is 4.05. The van der Waals surface area contributed by atoms with E-state index < -0.39 is 0 Å². The number of nitrogens with two attached hydrogens (primary N) is 1. The largest absolute Gasteiger partial charge is 0.333 e. The summed E-state index contributed by atoms with van der Waals surface area (Å²) in [6.45, 7) is 4.98. The van der Waals surface area contributed by atoms with Crippen LogP contribution in [0.5, 0.6) is 0 Å². The standard InChI is InChI=1S/C8H15N3/c1-3-8-4-10-6-11(8)5-7(2)9/h4,6-7H,3,5,9H2,1-2H3. The lowest BCUT2D eigenvalue weighted by Gasteiger charge is -2.08. The van der Waals surface area contributed by atoms with Crippen molar-refractivity contribution in [3.63, 3.8) is 0 Å². The number of nitrogens with zero attached hydrogens (tertiary/aromatic N) is 2. The molecule has 1 heterocycles. The second-order valence-electron chi connectivity index (χ2n) is 2.87. The molecule has 3 nitrogen and oxygen atoms in total. The Morgan fingerprint density at radius 2 is 2.45 bits per heavy atom. The normalized spacial score (nSPS) is 13.4. The highest BCUT2D eigenvalue weighted by Gasteiger charge is 2.00. The number of rotatable bonds is 3. The summed E-state index contributed by atoms with van der Waals surface area (Å²) in [6.07, 6.45) is 4.75. The third-order valence-electron chi connectivity index (χ3n) is 1.65. The van der Waals surface area contributed by atoms with Gasteiger partial charge in [0.1, 0.15) is 0 Å². The molecule has 1 aromatic heterocycles. The zero-order valence-corrected chi connectivity index (χ0v) is 7.12. The SMILES string of the molecule is CCc1cncn1CC(C)N. The predicted molar refractivity (Wildman–Crippen MR) is 45.3 cm³/mol. The minimum absolute atomic E-state index is 0.203. The van der Waals surface area contributed by atoms with Gasteiger partial charge < -0.3 is 10.3 Å². The van der Waals surface area contributed by atoms with Crippen LogP contribution in [-0.2, 0) is 13.0 Å². The van der Waals surface area contributed by atoms with Crippen LogP contribution in [0.3, 0.4) is 0 Å². The van der Waals surface area contributed by atoms with E-state index in [0.717, 1.165) is 13.0 Å². The van der Waals surface area contributed by atoms with E-state index in [0.29, 0.717) is 0 Å². The molecule has 0 radical (unpaired) electrons. The molecule has 1 unspecified atom stereocenters. The van der Waals surface area contributed by atoms with Gasteiger partial charge in [-0.25, -0.2) is 4.98 Å². The van der Waals surface area contributed by atoms with E-state index in [1.807, 2.05) is 19.4 Å². The Hall–Kier alpha value is -0.830. The van der Waals surface area contributed by atoms with Crippen molar-refractivity contribution in [1.29, 1.82) is 0 Å². The van der Waals surface area contributed by atoms with E-state index in [-0.39, 0.29) is 6.04 Å². The molecule has 1 aromatic rings. The average Bonchev–Trinajstić information content (AvgIpc) is 2.34. The van der Waals surface area contributed by atoms with Crippen LogP contribution in [0.2, 0.25) is 0 Å². The lowest BCUT2D eigenvalue weighted by molar-refractivity contribution is 0.572. The van der Waals surface area contributed by atoms with E-state index in [9.17, 15) is 0 Å². The number of hydrogen-bond acceptors (Lipinski definition) is 2. The fraction of sp³-hybridized carbons (Fsp3) is 0.625. The highest BCUT2D eigenvalue weighted by molar-refractivity contribution is 4.97. The zero-order chi connectivity index (χ0) is 8.27. The maximum absolute atomic E-state index is 5.66. The van der Waals surface area contributed by atoms with Crippen molar-refractivity contribution in [1.82, 2.24) is 9.55 Å². The number of hydrogen-bond donors (Lipinski definition) is 1. The number of aryl methyl sites for hydroxylation is 1. The van der Waals surface area contributed by atoms with Crippen LogP contribution >= 0.6 is 0 Å². The first-order valence-electron chi connectivity index (χ1n) is 3.98. The van der Waals surface area contributed by atoms with Crippen LogP contribution in [-0.4, -0.2) is 15.6 Å². The molecule has 11 heavy (non-hydrogen) atoms. The second-order valence-corrected chi connectivity index (χ2v) is 2.87. The van der Waals surface area contributed by atoms with Gasteiger partial charge in [0.25, 0.3) is 0 Å². The van der Waals surface area contributed by atoms with Gasteiger partial charge in [0, 0.05) is 24.5 Å². The topological polar surface area (TPSA) is 43.8 Å². The smallest absolute Gasteiger partial charge is 0.0948 e. The fourth-order valence-electron chi connectivity index (χ4n) is 1.12. The second kappa shape index (κ2) is 3.53. The van der Waals surface area contributed by atoms with Gasteiger partial charge in [0.15, 0.2) is 0 Å². The molecule has 1 rings (SSSR count). The molecule has 62 valence electrons. The predicted octanol–water partition coefficient (Wildman–Crippen LogP) is 0.793. The van der Waals surface area contributed by atoms with Gasteiger partial charge in [-0.2, -0.15) is 0 Å². The van der Waals surface area contributed by atoms with Gasteiger partial charge in [-0.05, 0) is 13.3 Å². The molecule has 2 N–H and O–H groups in total. The Morgan fingerprint density at radius 1 is 1.73 bits per heavy atom. The Kier molecular flexibility index (Phi) is 2.65. The molecule has 0 fully saturated rings. The van der Waals surface area contributed by atoms with Crippen molar-refractivity contribution >= 4 is 0 Å². The average molecular weight is 153 g/mol. The first kappa shape index (κ1) is 8.27. The molecule has 0 saturated heterocycles. The van der Waals surface area contributed by atoms with Crippen molar-refractivity contribution in [3.05, 3.63) is 18.2 Å². The van der Waals surface area contributed by atoms with E-state index in [4.69, 9.17) is 5.73 Å². The van der Waals surface area contributed by atoms with Crippen molar-refractivity contribution in [2.45, 2.75) is 32.9 Å². The minimum atomic E-state index is 0.203. The third-order valence-corrected chi connectivity index (χ3v) is 1.65. The maximum Gasteiger partial charge on any atom is 0.0948 e. The van der Waals surface area contributed by atoms with Crippen molar-refractivity contribution < 1.29 is 0 Å². The summed E-state index contributed by atoms with van der Waals surface area (Å²) in [5.74, 6) is 0. The highest BCUT2D eigenvalue weighted by atomic mass is 15.1. The summed E-state index contributed by atoms with van der Waals surface area (Å²) in [5, 5.41) is 0. The number of imidazole rings is 1. The molecular formula is C8H15N3. The van der Waals surface area contributed by atoms with Gasteiger partial charge in [-0.1, -0.05) is 6.92 Å².